The van der Waals surface area contributed by atoms with Crippen LogP contribution in [0.3, 0.4) is 0 Å². The molecule has 0 aromatic carbocycles. The highest BCUT2D eigenvalue weighted by Crippen LogP contribution is 1.84. The van der Waals surface area contributed by atoms with Crippen LogP contribution in [0.25, 0.3) is 0 Å². The zero-order valence-corrected chi connectivity index (χ0v) is 16.2. The van der Waals surface area contributed by atoms with Crippen LogP contribution in [0.2, 0.25) is 0 Å². The third-order valence-electron chi connectivity index (χ3n) is 2.49. The van der Waals surface area contributed by atoms with Crippen molar-refractivity contribution in [1.29, 1.82) is 0 Å². The molecule has 0 saturated heterocycles. The average Bonchev–Trinajstić information content (AvgIpc) is 2.72. The minimum atomic E-state index is -0.473. The Balaban J connectivity index is 0. The van der Waals surface area contributed by atoms with Gasteiger partial charge in [0.1, 0.15) is 13.2 Å². The summed E-state index contributed by atoms with van der Waals surface area (Å²) in [5.41, 5.74) is 0. The third kappa shape index (κ3) is 26.4. The normalized spacial score (nSPS) is 9.79. The van der Waals surface area contributed by atoms with Crippen molar-refractivity contribution in [2.75, 3.05) is 79.3 Å². The molecule has 2 N–H and O–H groups in total. The number of ether oxygens (including phenoxy) is 6. The van der Waals surface area contributed by atoms with Crippen LogP contribution in [0.15, 0.2) is 25.3 Å². The van der Waals surface area contributed by atoms with Gasteiger partial charge in [0.2, 0.25) is 0 Å². The number of aliphatic hydroxyl groups excluding tert-OH is 2. The molecule has 0 aliphatic heterocycles. The monoisotopic (exact) mass is 408 g/mol. The quantitative estimate of drug-likeness (QED) is 0.174. The fraction of sp³-hybridized carbons (Fsp3) is 0.667. The van der Waals surface area contributed by atoms with Crippen LogP contribution >= 0.6 is 0 Å². The zero-order chi connectivity index (χ0) is 21.3. The Morgan fingerprint density at radius 3 is 1.14 bits per heavy atom. The summed E-state index contributed by atoms with van der Waals surface area (Å²) in [4.78, 5) is 21.3. The summed E-state index contributed by atoms with van der Waals surface area (Å²) in [5, 5.41) is 16.5. The molecule has 164 valence electrons. The molecular formula is C18H32O10. The number of esters is 2. The van der Waals surface area contributed by atoms with E-state index in [9.17, 15) is 9.59 Å². The van der Waals surface area contributed by atoms with E-state index in [4.69, 9.17) is 29.2 Å². The standard InChI is InChI=1S/C12H18O6.C6H14O4/c1-3-11(13)17-9-7-15-5-6-16-8-10-18-12(14)4-2;7-1-3-9-5-6-10-4-2-8/h3-4H,1-2,5-10H2;7-8H,1-6H2. The SMILES string of the molecule is C=CC(=O)OCCOCCOCCOC(=O)C=C.OCCOCCOCCO. The van der Waals surface area contributed by atoms with Crippen LogP contribution in [0.5, 0.6) is 0 Å². The lowest BCUT2D eigenvalue weighted by molar-refractivity contribution is -0.141. The van der Waals surface area contributed by atoms with Gasteiger partial charge in [-0.1, -0.05) is 13.2 Å². The third-order valence-corrected chi connectivity index (χ3v) is 2.49. The van der Waals surface area contributed by atoms with Gasteiger partial charge >= 0.3 is 11.9 Å². The highest BCUT2D eigenvalue weighted by molar-refractivity contribution is 5.81. The van der Waals surface area contributed by atoms with Gasteiger partial charge in [0.15, 0.2) is 0 Å². The molecule has 28 heavy (non-hydrogen) atoms. The number of carbonyl (C=O) groups excluding carboxylic acids is 2. The van der Waals surface area contributed by atoms with Gasteiger partial charge in [-0.2, -0.15) is 0 Å². The van der Waals surface area contributed by atoms with Gasteiger partial charge in [-0.25, -0.2) is 9.59 Å². The second kappa shape index (κ2) is 25.2. The number of carbonyl (C=O) groups is 2. The number of hydrogen-bond donors (Lipinski definition) is 2. The van der Waals surface area contributed by atoms with E-state index in [1.807, 2.05) is 0 Å². The summed E-state index contributed by atoms with van der Waals surface area (Å²) in [6, 6.07) is 0. The van der Waals surface area contributed by atoms with Crippen LogP contribution in [-0.4, -0.2) is 101 Å². The van der Waals surface area contributed by atoms with E-state index in [1.54, 1.807) is 0 Å². The summed E-state index contributed by atoms with van der Waals surface area (Å²) in [5.74, 6) is -0.947. The first-order valence-electron chi connectivity index (χ1n) is 8.73. The van der Waals surface area contributed by atoms with Crippen molar-refractivity contribution in [3.8, 4) is 0 Å². The van der Waals surface area contributed by atoms with Gasteiger partial charge in [-0.3, -0.25) is 0 Å². The maximum atomic E-state index is 10.6. The number of aliphatic hydroxyl groups is 2. The highest BCUT2D eigenvalue weighted by Gasteiger charge is 1.96. The first-order chi connectivity index (χ1) is 13.6. The van der Waals surface area contributed by atoms with E-state index >= 15 is 0 Å². The predicted octanol–water partition coefficient (Wildman–Crippen LogP) is -0.518. The van der Waals surface area contributed by atoms with Crippen molar-refractivity contribution < 1.29 is 48.2 Å². The molecule has 0 fully saturated rings. The molecule has 0 radical (unpaired) electrons. The van der Waals surface area contributed by atoms with Crippen LogP contribution in [0.4, 0.5) is 0 Å². The average molecular weight is 408 g/mol. The van der Waals surface area contributed by atoms with E-state index in [-0.39, 0.29) is 26.4 Å². The summed E-state index contributed by atoms with van der Waals surface area (Å²) in [6.07, 6.45) is 2.18. The summed E-state index contributed by atoms with van der Waals surface area (Å²) < 4.78 is 29.3. The minimum Gasteiger partial charge on any atom is -0.460 e. The van der Waals surface area contributed by atoms with Crippen molar-refractivity contribution >= 4 is 11.9 Å². The molecule has 0 aromatic rings. The second-order valence-corrected chi connectivity index (χ2v) is 4.64. The molecule has 0 amide bonds. The van der Waals surface area contributed by atoms with Gasteiger partial charge in [0.05, 0.1) is 66.1 Å². The molecule has 0 bridgehead atoms. The lowest BCUT2D eigenvalue weighted by Crippen LogP contribution is -2.13. The smallest absolute Gasteiger partial charge is 0.330 e. The Morgan fingerprint density at radius 2 is 0.857 bits per heavy atom. The van der Waals surface area contributed by atoms with Gasteiger partial charge in [0.25, 0.3) is 0 Å². The molecule has 0 saturated carbocycles. The lowest BCUT2D eigenvalue weighted by atomic mass is 10.6. The maximum Gasteiger partial charge on any atom is 0.330 e. The van der Waals surface area contributed by atoms with Gasteiger partial charge in [0, 0.05) is 12.2 Å². The molecular weight excluding hydrogens is 376 g/mol. The first kappa shape index (κ1) is 28.4. The Kier molecular flexibility index (Phi) is 25.5. The van der Waals surface area contributed by atoms with Gasteiger partial charge < -0.3 is 38.6 Å². The number of hydrogen-bond acceptors (Lipinski definition) is 10. The van der Waals surface area contributed by atoms with Crippen molar-refractivity contribution in [2.45, 2.75) is 0 Å². The molecule has 0 aliphatic rings. The summed E-state index contributed by atoms with van der Waals surface area (Å²) in [7, 11) is 0. The number of rotatable bonds is 18. The Morgan fingerprint density at radius 1 is 0.571 bits per heavy atom. The Hall–Kier alpha value is -1.82. The van der Waals surface area contributed by atoms with Crippen LogP contribution in [0.1, 0.15) is 0 Å². The van der Waals surface area contributed by atoms with Crippen molar-refractivity contribution in [2.24, 2.45) is 0 Å². The molecule has 0 heterocycles. The lowest BCUT2D eigenvalue weighted by Gasteiger charge is -2.06. The predicted molar refractivity (Wildman–Crippen MR) is 99.8 cm³/mol. The van der Waals surface area contributed by atoms with E-state index in [2.05, 4.69) is 22.6 Å². The van der Waals surface area contributed by atoms with E-state index in [0.29, 0.717) is 52.9 Å². The molecule has 10 heteroatoms. The molecule has 0 spiro atoms. The summed E-state index contributed by atoms with van der Waals surface area (Å²) >= 11 is 0. The van der Waals surface area contributed by atoms with Crippen LogP contribution < -0.4 is 0 Å². The Labute approximate surface area is 165 Å². The summed E-state index contributed by atoms with van der Waals surface area (Å²) in [6.45, 7) is 9.96. The second-order valence-electron chi connectivity index (χ2n) is 4.64. The molecule has 0 aromatic heterocycles. The minimum absolute atomic E-state index is 0.0417. The van der Waals surface area contributed by atoms with Gasteiger partial charge in [-0.15, -0.1) is 0 Å². The van der Waals surface area contributed by atoms with Crippen molar-refractivity contribution in [1.82, 2.24) is 0 Å². The fourth-order valence-corrected chi connectivity index (χ4v) is 1.29. The first-order valence-corrected chi connectivity index (χ1v) is 8.73. The van der Waals surface area contributed by atoms with Crippen molar-refractivity contribution in [3.05, 3.63) is 25.3 Å². The molecule has 0 atom stereocenters. The van der Waals surface area contributed by atoms with Crippen molar-refractivity contribution in [3.63, 3.8) is 0 Å². The van der Waals surface area contributed by atoms with Gasteiger partial charge in [-0.05, 0) is 0 Å². The molecule has 0 rings (SSSR count). The van der Waals surface area contributed by atoms with E-state index < -0.39 is 11.9 Å². The van der Waals surface area contributed by atoms with E-state index in [0.717, 1.165) is 12.2 Å². The largest absolute Gasteiger partial charge is 0.460 e. The van der Waals surface area contributed by atoms with E-state index in [1.165, 1.54) is 0 Å². The molecule has 10 nitrogen and oxygen atoms in total. The Bertz CT molecular complexity index is 351. The highest BCUT2D eigenvalue weighted by atomic mass is 16.6. The topological polar surface area (TPSA) is 130 Å². The van der Waals surface area contributed by atoms with Crippen LogP contribution in [0, 0.1) is 0 Å². The zero-order valence-electron chi connectivity index (χ0n) is 16.2. The fourth-order valence-electron chi connectivity index (χ4n) is 1.29. The van der Waals surface area contributed by atoms with Crippen LogP contribution in [-0.2, 0) is 38.0 Å². The maximum absolute atomic E-state index is 10.6. The molecule has 0 aliphatic carbocycles. The molecule has 0 unspecified atom stereocenters.